The van der Waals surface area contributed by atoms with Crippen LogP contribution < -0.4 is 4.74 Å². The fraction of sp³-hybridized carbons (Fsp3) is 0.286. The van der Waals surface area contributed by atoms with E-state index in [1.807, 2.05) is 13.8 Å². The molecule has 0 radical (unpaired) electrons. The van der Waals surface area contributed by atoms with Crippen LogP contribution in [0.2, 0.25) is 0 Å². The Morgan fingerprint density at radius 1 is 1.05 bits per heavy atom. The summed E-state index contributed by atoms with van der Waals surface area (Å²) in [6, 6.07) is 6.58. The number of alkyl halides is 3. The van der Waals surface area contributed by atoms with Gasteiger partial charge in [0.05, 0.1) is 11.3 Å². The Balaban J connectivity index is 2.02. The van der Waals surface area contributed by atoms with Crippen LogP contribution in [-0.2, 0) is 12.8 Å². The van der Waals surface area contributed by atoms with Crippen LogP contribution in [0.3, 0.4) is 0 Å². The molecule has 0 fully saturated rings. The number of halogens is 3. The predicted octanol–water partition coefficient (Wildman–Crippen LogP) is 3.69. The molecule has 1 aromatic heterocycles. The van der Waals surface area contributed by atoms with E-state index in [2.05, 4.69) is 10.2 Å². The fourth-order valence-electron chi connectivity index (χ4n) is 1.54. The summed E-state index contributed by atoms with van der Waals surface area (Å²) in [4.78, 5) is 0. The van der Waals surface area contributed by atoms with E-state index in [4.69, 9.17) is 4.74 Å². The largest absolute Gasteiger partial charge is 0.472 e. The molecule has 1 heterocycles. The number of aryl methyl sites for hydroxylation is 2. The molecule has 1 aromatic carbocycles. The Hall–Kier alpha value is -2.11. The van der Waals surface area contributed by atoms with Gasteiger partial charge in [0.25, 0.3) is 0 Å². The van der Waals surface area contributed by atoms with Gasteiger partial charge in [-0.3, -0.25) is 0 Å². The zero-order valence-electron chi connectivity index (χ0n) is 11.0. The van der Waals surface area contributed by atoms with Crippen molar-refractivity contribution in [3.8, 4) is 5.88 Å². The molecule has 0 saturated heterocycles. The van der Waals surface area contributed by atoms with Crippen LogP contribution in [-0.4, -0.2) is 10.2 Å². The monoisotopic (exact) mass is 282 g/mol. The Labute approximate surface area is 114 Å². The van der Waals surface area contributed by atoms with Crippen LogP contribution in [0.4, 0.5) is 13.2 Å². The van der Waals surface area contributed by atoms with Crippen molar-refractivity contribution in [2.75, 3.05) is 0 Å². The van der Waals surface area contributed by atoms with Crippen molar-refractivity contribution < 1.29 is 17.9 Å². The highest BCUT2D eigenvalue weighted by Crippen LogP contribution is 2.29. The first-order chi connectivity index (χ1) is 9.36. The van der Waals surface area contributed by atoms with Gasteiger partial charge in [-0.05, 0) is 37.1 Å². The molecule has 106 valence electrons. The van der Waals surface area contributed by atoms with E-state index < -0.39 is 11.7 Å². The number of hydrogen-bond acceptors (Lipinski definition) is 3. The lowest BCUT2D eigenvalue weighted by atomic mass is 10.1. The van der Waals surface area contributed by atoms with Gasteiger partial charge in [-0.15, -0.1) is 5.10 Å². The van der Waals surface area contributed by atoms with Gasteiger partial charge in [-0.2, -0.15) is 18.3 Å². The van der Waals surface area contributed by atoms with Gasteiger partial charge in [0, 0.05) is 6.07 Å². The van der Waals surface area contributed by atoms with E-state index in [1.165, 1.54) is 12.1 Å². The first-order valence-corrected chi connectivity index (χ1v) is 5.96. The molecule has 2 aromatic rings. The smallest absolute Gasteiger partial charge is 0.416 e. The van der Waals surface area contributed by atoms with Crippen LogP contribution in [0.15, 0.2) is 30.3 Å². The number of nitrogens with zero attached hydrogens (tertiary/aromatic N) is 2. The highest BCUT2D eigenvalue weighted by atomic mass is 19.4. The lowest BCUT2D eigenvalue weighted by molar-refractivity contribution is -0.137. The number of hydrogen-bond donors (Lipinski definition) is 0. The molecule has 6 heteroatoms. The van der Waals surface area contributed by atoms with Crippen molar-refractivity contribution in [2.24, 2.45) is 0 Å². The second-order valence-corrected chi connectivity index (χ2v) is 4.43. The summed E-state index contributed by atoms with van der Waals surface area (Å²) in [5, 5.41) is 7.77. The van der Waals surface area contributed by atoms with Crippen molar-refractivity contribution in [3.63, 3.8) is 0 Å². The molecule has 20 heavy (non-hydrogen) atoms. The van der Waals surface area contributed by atoms with E-state index in [1.54, 1.807) is 6.07 Å². The average molecular weight is 282 g/mol. The van der Waals surface area contributed by atoms with E-state index in [0.29, 0.717) is 11.4 Å². The van der Waals surface area contributed by atoms with E-state index in [-0.39, 0.29) is 6.61 Å². The first kappa shape index (κ1) is 14.3. The average Bonchev–Trinajstić information content (AvgIpc) is 2.40. The van der Waals surface area contributed by atoms with Gasteiger partial charge >= 0.3 is 6.18 Å². The quantitative estimate of drug-likeness (QED) is 0.861. The summed E-state index contributed by atoms with van der Waals surface area (Å²) in [6.45, 7) is 3.87. The van der Waals surface area contributed by atoms with Crippen molar-refractivity contribution in [3.05, 3.63) is 52.7 Å². The molecule has 0 aliphatic heterocycles. The Morgan fingerprint density at radius 3 is 2.25 bits per heavy atom. The summed E-state index contributed by atoms with van der Waals surface area (Å²) >= 11 is 0. The molecule has 3 nitrogen and oxygen atoms in total. The zero-order valence-corrected chi connectivity index (χ0v) is 11.0. The maximum atomic E-state index is 12.4. The van der Waals surface area contributed by atoms with Gasteiger partial charge in [-0.25, -0.2) is 0 Å². The molecule has 0 aliphatic carbocycles. The van der Waals surface area contributed by atoms with Crippen LogP contribution in [0, 0.1) is 13.8 Å². The maximum absolute atomic E-state index is 12.4. The zero-order chi connectivity index (χ0) is 14.8. The lowest BCUT2D eigenvalue weighted by Gasteiger charge is -2.09. The third-order valence-corrected chi connectivity index (χ3v) is 2.88. The Bertz CT molecular complexity index is 594. The lowest BCUT2D eigenvalue weighted by Crippen LogP contribution is -2.05. The molecule has 0 aliphatic rings. The molecule has 0 unspecified atom stereocenters. The number of rotatable bonds is 3. The fourth-order valence-corrected chi connectivity index (χ4v) is 1.54. The van der Waals surface area contributed by atoms with Gasteiger partial charge in [0.15, 0.2) is 0 Å². The molecule has 2 rings (SSSR count). The highest BCUT2D eigenvalue weighted by Gasteiger charge is 2.29. The van der Waals surface area contributed by atoms with Crippen LogP contribution in [0.1, 0.15) is 22.4 Å². The molecule has 0 atom stereocenters. The topological polar surface area (TPSA) is 35.0 Å². The first-order valence-electron chi connectivity index (χ1n) is 5.96. The molecular formula is C14H13F3N2O. The van der Waals surface area contributed by atoms with E-state index in [0.717, 1.165) is 23.4 Å². The van der Waals surface area contributed by atoms with Gasteiger partial charge in [-0.1, -0.05) is 12.1 Å². The molecule has 0 saturated carbocycles. The highest BCUT2D eigenvalue weighted by molar-refractivity contribution is 5.25. The Morgan fingerprint density at radius 2 is 1.70 bits per heavy atom. The minimum atomic E-state index is -4.32. The van der Waals surface area contributed by atoms with Crippen molar-refractivity contribution in [1.29, 1.82) is 0 Å². The second-order valence-electron chi connectivity index (χ2n) is 4.43. The van der Waals surface area contributed by atoms with Crippen LogP contribution >= 0.6 is 0 Å². The summed E-state index contributed by atoms with van der Waals surface area (Å²) in [5.41, 5.74) is 1.72. The van der Waals surface area contributed by atoms with Crippen molar-refractivity contribution >= 4 is 0 Å². The van der Waals surface area contributed by atoms with Crippen LogP contribution in [0.5, 0.6) is 5.88 Å². The molecular weight excluding hydrogens is 269 g/mol. The standard InChI is InChI=1S/C14H13F3N2O/c1-9-7-13(19-18-10(9)2)20-8-11-3-5-12(6-4-11)14(15,16)17/h3-7H,8H2,1-2H3. The van der Waals surface area contributed by atoms with Gasteiger partial charge < -0.3 is 4.74 Å². The SMILES string of the molecule is Cc1cc(OCc2ccc(C(F)(F)F)cc2)nnc1C. The third kappa shape index (κ3) is 3.46. The minimum Gasteiger partial charge on any atom is -0.472 e. The number of benzene rings is 1. The number of aromatic nitrogens is 2. The Kier molecular flexibility index (Phi) is 3.92. The molecule has 0 bridgehead atoms. The van der Waals surface area contributed by atoms with Crippen molar-refractivity contribution in [1.82, 2.24) is 10.2 Å². The maximum Gasteiger partial charge on any atom is 0.416 e. The predicted molar refractivity (Wildman–Crippen MR) is 67.3 cm³/mol. The molecule has 0 spiro atoms. The molecule has 0 N–H and O–H groups in total. The van der Waals surface area contributed by atoms with Gasteiger partial charge in [0.2, 0.25) is 5.88 Å². The third-order valence-electron chi connectivity index (χ3n) is 2.88. The minimum absolute atomic E-state index is 0.148. The summed E-state index contributed by atoms with van der Waals surface area (Å²) in [6.07, 6.45) is -4.32. The van der Waals surface area contributed by atoms with Gasteiger partial charge in [0.1, 0.15) is 6.61 Å². The summed E-state index contributed by atoms with van der Waals surface area (Å²) in [7, 11) is 0. The number of ether oxygens (including phenoxy) is 1. The van der Waals surface area contributed by atoms with E-state index in [9.17, 15) is 13.2 Å². The normalized spacial score (nSPS) is 11.4. The van der Waals surface area contributed by atoms with Crippen LogP contribution in [0.25, 0.3) is 0 Å². The second kappa shape index (κ2) is 5.48. The van der Waals surface area contributed by atoms with E-state index >= 15 is 0 Å². The summed E-state index contributed by atoms with van der Waals surface area (Å²) in [5.74, 6) is 0.355. The summed E-state index contributed by atoms with van der Waals surface area (Å²) < 4.78 is 42.6. The molecule has 0 amide bonds. The van der Waals surface area contributed by atoms with Crippen molar-refractivity contribution in [2.45, 2.75) is 26.6 Å².